The Balaban J connectivity index is 2.39. The van der Waals surface area contributed by atoms with Gasteiger partial charge in [0.05, 0.1) is 5.92 Å². The molecule has 4 nitrogen and oxygen atoms in total. The Morgan fingerprint density at radius 2 is 1.78 bits per heavy atom. The van der Waals surface area contributed by atoms with Crippen LogP contribution in [0.1, 0.15) is 30.9 Å². The van der Waals surface area contributed by atoms with Crippen molar-refractivity contribution >= 4 is 11.6 Å². The van der Waals surface area contributed by atoms with Gasteiger partial charge in [0.1, 0.15) is 5.82 Å². The summed E-state index contributed by atoms with van der Waals surface area (Å²) in [7, 11) is 0. The average molecular weight is 316 g/mol. The number of nitrogens with one attached hydrogen (secondary N) is 1. The number of amides is 1. The number of hydroxylamine groups is 1. The average Bonchev–Trinajstić information content (AvgIpc) is 2.57. The molecule has 0 aliphatic heterocycles. The number of rotatable bonds is 6. The smallest absolute Gasteiger partial charge is 0.255 e. The second kappa shape index (κ2) is 7.74. The van der Waals surface area contributed by atoms with E-state index >= 15 is 0 Å². The Hall–Kier alpha value is -2.40. The van der Waals surface area contributed by atoms with Gasteiger partial charge in [-0.3, -0.25) is 10.0 Å². The van der Waals surface area contributed by atoms with Crippen LogP contribution in [0.4, 0.5) is 10.1 Å². The minimum absolute atomic E-state index is 0.419. The maximum absolute atomic E-state index is 13.5. The lowest BCUT2D eigenvalue weighted by atomic mass is 9.90. The van der Waals surface area contributed by atoms with Gasteiger partial charge in [0, 0.05) is 18.8 Å². The fraction of sp³-hybridized carbons (Fsp3) is 0.278. The van der Waals surface area contributed by atoms with E-state index in [1.54, 1.807) is 17.6 Å². The zero-order valence-electron chi connectivity index (χ0n) is 13.3. The van der Waals surface area contributed by atoms with E-state index in [9.17, 15) is 9.18 Å². The fourth-order valence-corrected chi connectivity index (χ4v) is 2.71. The van der Waals surface area contributed by atoms with Gasteiger partial charge in [0.2, 0.25) is 0 Å². The van der Waals surface area contributed by atoms with Crippen molar-refractivity contribution in [2.45, 2.75) is 19.8 Å². The molecule has 1 atom stereocenters. The fourth-order valence-electron chi connectivity index (χ4n) is 2.71. The highest BCUT2D eigenvalue weighted by molar-refractivity contribution is 5.86. The normalized spacial score (nSPS) is 11.8. The molecule has 0 aliphatic carbocycles. The third-order valence-electron chi connectivity index (χ3n) is 3.91. The zero-order chi connectivity index (χ0) is 16.8. The molecular formula is C18H21FN2O2. The highest BCUT2D eigenvalue weighted by atomic mass is 19.1. The summed E-state index contributed by atoms with van der Waals surface area (Å²) in [6.07, 6.45) is 0. The number of carbonyl (C=O) groups is 1. The van der Waals surface area contributed by atoms with Gasteiger partial charge in [0.15, 0.2) is 0 Å². The molecule has 0 fully saturated rings. The van der Waals surface area contributed by atoms with Crippen LogP contribution < -0.4 is 10.4 Å². The lowest BCUT2D eigenvalue weighted by Crippen LogP contribution is -2.27. The Kier molecular flexibility index (Phi) is 5.71. The molecule has 122 valence electrons. The van der Waals surface area contributed by atoms with Crippen molar-refractivity contribution < 1.29 is 14.4 Å². The van der Waals surface area contributed by atoms with Gasteiger partial charge in [0.25, 0.3) is 5.91 Å². The maximum Gasteiger partial charge on any atom is 0.255 e. The Bertz CT molecular complexity index is 654. The summed E-state index contributed by atoms with van der Waals surface area (Å²) in [5.74, 6) is -1.77. The molecule has 0 radical (unpaired) electrons. The Morgan fingerprint density at radius 1 is 1.13 bits per heavy atom. The quantitative estimate of drug-likeness (QED) is 0.635. The summed E-state index contributed by atoms with van der Waals surface area (Å²) >= 11 is 0. The number of halogens is 1. The SMILES string of the molecule is CCN(CC)c1ccc(C(C(=O)NO)c2cccc(F)c2)cc1. The molecule has 2 N–H and O–H groups in total. The van der Waals surface area contributed by atoms with Crippen LogP contribution in [0.2, 0.25) is 0 Å². The number of benzene rings is 2. The lowest BCUT2D eigenvalue weighted by molar-refractivity contribution is -0.129. The van der Waals surface area contributed by atoms with Gasteiger partial charge >= 0.3 is 0 Å². The van der Waals surface area contributed by atoms with Crippen LogP contribution in [0, 0.1) is 5.82 Å². The Morgan fingerprint density at radius 3 is 2.30 bits per heavy atom. The second-order valence-corrected chi connectivity index (χ2v) is 5.23. The van der Waals surface area contributed by atoms with Crippen LogP contribution in [0.5, 0.6) is 0 Å². The van der Waals surface area contributed by atoms with E-state index in [1.165, 1.54) is 12.1 Å². The number of hydrogen-bond donors (Lipinski definition) is 2. The van der Waals surface area contributed by atoms with Crippen molar-refractivity contribution in [1.82, 2.24) is 5.48 Å². The standard InChI is InChI=1S/C18H21FN2O2/c1-3-21(4-2)16-10-8-13(9-11-16)17(18(22)20-23)14-6-5-7-15(19)12-14/h5-12,17,23H,3-4H2,1-2H3,(H,20,22). The van der Waals surface area contributed by atoms with Crippen LogP contribution in [0.3, 0.4) is 0 Å². The van der Waals surface area contributed by atoms with Gasteiger partial charge in [-0.05, 0) is 49.2 Å². The van der Waals surface area contributed by atoms with Crippen molar-refractivity contribution in [1.29, 1.82) is 0 Å². The summed E-state index contributed by atoms with van der Waals surface area (Å²) in [5, 5.41) is 9.01. The van der Waals surface area contributed by atoms with Gasteiger partial charge in [-0.25, -0.2) is 9.87 Å². The van der Waals surface area contributed by atoms with Gasteiger partial charge in [-0.1, -0.05) is 24.3 Å². The van der Waals surface area contributed by atoms with Crippen molar-refractivity contribution in [3.63, 3.8) is 0 Å². The van der Waals surface area contributed by atoms with Gasteiger partial charge in [-0.2, -0.15) is 0 Å². The summed E-state index contributed by atoms with van der Waals surface area (Å²) in [6, 6.07) is 13.4. The number of nitrogens with zero attached hydrogens (tertiary/aromatic N) is 1. The first-order valence-corrected chi connectivity index (χ1v) is 7.65. The van der Waals surface area contributed by atoms with Gasteiger partial charge < -0.3 is 4.90 Å². The van der Waals surface area contributed by atoms with E-state index in [0.717, 1.165) is 18.8 Å². The molecule has 0 saturated heterocycles. The number of anilines is 1. The molecule has 0 spiro atoms. The zero-order valence-corrected chi connectivity index (χ0v) is 13.3. The predicted molar refractivity (Wildman–Crippen MR) is 88.2 cm³/mol. The third kappa shape index (κ3) is 3.87. The molecule has 0 aromatic heterocycles. The summed E-state index contributed by atoms with van der Waals surface area (Å²) in [4.78, 5) is 14.2. The first-order valence-electron chi connectivity index (χ1n) is 7.65. The van der Waals surface area contributed by atoms with E-state index in [0.29, 0.717) is 11.1 Å². The van der Waals surface area contributed by atoms with E-state index in [4.69, 9.17) is 5.21 Å². The van der Waals surface area contributed by atoms with Crippen LogP contribution in [-0.2, 0) is 4.79 Å². The van der Waals surface area contributed by atoms with Gasteiger partial charge in [-0.15, -0.1) is 0 Å². The molecular weight excluding hydrogens is 295 g/mol. The third-order valence-corrected chi connectivity index (χ3v) is 3.91. The Labute approximate surface area is 135 Å². The van der Waals surface area contributed by atoms with Crippen LogP contribution in [0.25, 0.3) is 0 Å². The van der Waals surface area contributed by atoms with Crippen molar-refractivity contribution in [3.05, 3.63) is 65.5 Å². The van der Waals surface area contributed by atoms with E-state index in [1.807, 2.05) is 24.3 Å². The van der Waals surface area contributed by atoms with Crippen molar-refractivity contribution in [3.8, 4) is 0 Å². The first kappa shape index (κ1) is 17.0. The minimum Gasteiger partial charge on any atom is -0.372 e. The molecule has 2 aromatic rings. The lowest BCUT2D eigenvalue weighted by Gasteiger charge is -2.22. The molecule has 23 heavy (non-hydrogen) atoms. The van der Waals surface area contributed by atoms with E-state index < -0.39 is 17.6 Å². The molecule has 5 heteroatoms. The monoisotopic (exact) mass is 316 g/mol. The molecule has 1 amide bonds. The van der Waals surface area contributed by atoms with Crippen molar-refractivity contribution in [2.24, 2.45) is 0 Å². The largest absolute Gasteiger partial charge is 0.372 e. The molecule has 0 saturated carbocycles. The summed E-state index contributed by atoms with van der Waals surface area (Å²) < 4.78 is 13.5. The molecule has 0 bridgehead atoms. The van der Waals surface area contributed by atoms with E-state index in [-0.39, 0.29) is 0 Å². The summed E-state index contributed by atoms with van der Waals surface area (Å²) in [6.45, 7) is 5.93. The topological polar surface area (TPSA) is 52.6 Å². The first-order chi connectivity index (χ1) is 11.1. The molecule has 2 aromatic carbocycles. The van der Waals surface area contributed by atoms with Crippen molar-refractivity contribution in [2.75, 3.05) is 18.0 Å². The number of hydrogen-bond acceptors (Lipinski definition) is 3. The van der Waals surface area contributed by atoms with Crippen LogP contribution in [-0.4, -0.2) is 24.2 Å². The summed E-state index contributed by atoms with van der Waals surface area (Å²) in [5.41, 5.74) is 3.91. The highest BCUT2D eigenvalue weighted by Gasteiger charge is 2.23. The van der Waals surface area contributed by atoms with Crippen LogP contribution >= 0.6 is 0 Å². The molecule has 2 rings (SSSR count). The van der Waals surface area contributed by atoms with Crippen LogP contribution in [0.15, 0.2) is 48.5 Å². The van der Waals surface area contributed by atoms with E-state index in [2.05, 4.69) is 18.7 Å². The molecule has 0 heterocycles. The predicted octanol–water partition coefficient (Wildman–Crippen LogP) is 3.31. The second-order valence-electron chi connectivity index (χ2n) is 5.23. The molecule has 0 aliphatic rings. The highest BCUT2D eigenvalue weighted by Crippen LogP contribution is 2.27. The maximum atomic E-state index is 13.5. The number of carbonyl (C=O) groups excluding carboxylic acids is 1. The molecule has 1 unspecified atom stereocenters. The minimum atomic E-state index is -0.763.